The van der Waals surface area contributed by atoms with Crippen LogP contribution in [0.5, 0.6) is 0 Å². The second kappa shape index (κ2) is 11.4. The minimum atomic E-state index is -0.244. The molecule has 2 aromatic rings. The van der Waals surface area contributed by atoms with E-state index in [1.165, 1.54) is 24.8 Å². The zero-order valence-electron chi connectivity index (χ0n) is 19.3. The molecule has 166 valence electrons. The van der Waals surface area contributed by atoms with Crippen molar-refractivity contribution in [3.63, 3.8) is 0 Å². The molecule has 2 aliphatic heterocycles. The van der Waals surface area contributed by atoms with E-state index in [0.29, 0.717) is 18.0 Å². The fourth-order valence-electron chi connectivity index (χ4n) is 4.24. The molecule has 4 nitrogen and oxygen atoms in total. The van der Waals surface area contributed by atoms with Crippen molar-refractivity contribution < 1.29 is 4.79 Å². The summed E-state index contributed by atoms with van der Waals surface area (Å²) in [4.78, 5) is 25.1. The highest BCUT2D eigenvalue weighted by atomic mass is 32.1. The Morgan fingerprint density at radius 2 is 1.81 bits per heavy atom. The predicted octanol–water partition coefficient (Wildman–Crippen LogP) is 6.54. The van der Waals surface area contributed by atoms with Gasteiger partial charge >= 0.3 is 0 Å². The third-order valence-corrected chi connectivity index (χ3v) is 6.74. The monoisotopic (exact) mass is 437 g/mol. The van der Waals surface area contributed by atoms with Crippen molar-refractivity contribution in [3.8, 4) is 0 Å². The van der Waals surface area contributed by atoms with Crippen LogP contribution in [0.3, 0.4) is 0 Å². The summed E-state index contributed by atoms with van der Waals surface area (Å²) in [7, 11) is 0. The lowest BCUT2D eigenvalue weighted by Crippen LogP contribution is -2.29. The maximum Gasteiger partial charge on any atom is 0.188 e. The van der Waals surface area contributed by atoms with Crippen molar-refractivity contribution in [2.75, 3.05) is 18.0 Å². The molecule has 0 N–H and O–H groups in total. The number of aliphatic imine (C=N–C) groups is 1. The molecule has 0 spiro atoms. The number of hydrogen-bond acceptors (Lipinski definition) is 5. The highest BCUT2D eigenvalue weighted by Gasteiger charge is 2.28. The van der Waals surface area contributed by atoms with E-state index in [-0.39, 0.29) is 11.7 Å². The molecule has 31 heavy (non-hydrogen) atoms. The lowest BCUT2D eigenvalue weighted by atomic mass is 9.83. The number of benzene rings is 1. The topological polar surface area (TPSA) is 45.6 Å². The van der Waals surface area contributed by atoms with Gasteiger partial charge in [-0.1, -0.05) is 52.0 Å². The van der Waals surface area contributed by atoms with Crippen LogP contribution in [0, 0.1) is 0 Å². The fourth-order valence-corrected chi connectivity index (χ4v) is 5.13. The van der Waals surface area contributed by atoms with Gasteiger partial charge in [-0.05, 0) is 42.4 Å². The Balaban J connectivity index is 0.00000132. The Morgan fingerprint density at radius 1 is 1.10 bits per heavy atom. The molecular formula is C26H35N3OS. The molecule has 1 unspecified atom stereocenters. The van der Waals surface area contributed by atoms with Gasteiger partial charge in [0.2, 0.25) is 0 Å². The summed E-state index contributed by atoms with van der Waals surface area (Å²) in [5.74, 6) is 0.229. The summed E-state index contributed by atoms with van der Waals surface area (Å²) in [5, 5.41) is 3.23. The van der Waals surface area contributed by atoms with Gasteiger partial charge in [0.05, 0.1) is 11.6 Å². The number of carbonyl (C=O) groups excluding carboxylic acids is 1. The van der Waals surface area contributed by atoms with Gasteiger partial charge in [0.15, 0.2) is 10.9 Å². The van der Waals surface area contributed by atoms with E-state index in [9.17, 15) is 4.79 Å². The highest BCUT2D eigenvalue weighted by molar-refractivity contribution is 7.13. The number of piperidine rings is 1. The van der Waals surface area contributed by atoms with Gasteiger partial charge in [0, 0.05) is 37.5 Å². The number of anilines is 1. The molecule has 1 atom stereocenters. The molecular weight excluding hydrogens is 402 g/mol. The van der Waals surface area contributed by atoms with Crippen LogP contribution in [-0.2, 0) is 11.2 Å². The van der Waals surface area contributed by atoms with Crippen LogP contribution < -0.4 is 4.90 Å². The number of nitrogens with zero attached hydrogens (tertiary/aromatic N) is 3. The highest BCUT2D eigenvalue weighted by Crippen LogP contribution is 2.33. The first kappa shape index (κ1) is 23.4. The van der Waals surface area contributed by atoms with E-state index in [1.807, 2.05) is 32.2 Å². The van der Waals surface area contributed by atoms with Crippen molar-refractivity contribution >= 4 is 28.5 Å². The molecule has 0 radical (unpaired) electrons. The van der Waals surface area contributed by atoms with Gasteiger partial charge in [0.1, 0.15) is 5.70 Å². The van der Waals surface area contributed by atoms with Gasteiger partial charge < -0.3 is 4.90 Å². The van der Waals surface area contributed by atoms with Crippen LogP contribution in [0.25, 0.3) is 0 Å². The molecule has 1 saturated heterocycles. The summed E-state index contributed by atoms with van der Waals surface area (Å²) in [6.45, 7) is 10.6. The summed E-state index contributed by atoms with van der Waals surface area (Å²) < 4.78 is 0. The van der Waals surface area contributed by atoms with Gasteiger partial charge in [0.25, 0.3) is 0 Å². The molecule has 0 bridgehead atoms. The van der Waals surface area contributed by atoms with Gasteiger partial charge in [-0.2, -0.15) is 0 Å². The average Bonchev–Trinajstić information content (AvgIpc) is 3.51. The summed E-state index contributed by atoms with van der Waals surface area (Å²) in [6.07, 6.45) is 8.92. The minimum Gasteiger partial charge on any atom is -0.348 e. The number of hydrogen-bond donors (Lipinski definition) is 0. The number of aromatic nitrogens is 1. The maximum atomic E-state index is 13.4. The smallest absolute Gasteiger partial charge is 0.188 e. The number of thiazole rings is 1. The quantitative estimate of drug-likeness (QED) is 0.494. The van der Waals surface area contributed by atoms with Gasteiger partial charge in [-0.3, -0.25) is 9.79 Å². The Kier molecular flexibility index (Phi) is 8.59. The zero-order valence-corrected chi connectivity index (χ0v) is 20.1. The van der Waals surface area contributed by atoms with Crippen LogP contribution in [0.4, 0.5) is 5.13 Å². The Morgan fingerprint density at radius 3 is 2.45 bits per heavy atom. The zero-order chi connectivity index (χ0) is 22.2. The lowest BCUT2D eigenvalue weighted by Gasteiger charge is -2.26. The number of Topliss-reactive ketones (excluding diaryl/α,β-unsaturated/α-hetero) is 1. The Bertz CT molecular complexity index is 922. The summed E-state index contributed by atoms with van der Waals surface area (Å²) in [5.41, 5.74) is 3.96. The largest absolute Gasteiger partial charge is 0.348 e. The molecule has 0 amide bonds. The molecule has 0 aliphatic carbocycles. The number of allylic oxidation sites excluding steroid dienone is 2. The molecule has 4 rings (SSSR count). The average molecular weight is 438 g/mol. The molecule has 0 saturated carbocycles. The first-order chi connectivity index (χ1) is 15.1. The first-order valence-corrected chi connectivity index (χ1v) is 12.6. The summed E-state index contributed by atoms with van der Waals surface area (Å²) >= 11 is 1.71. The number of carbonyl (C=O) groups is 1. The SMILES string of the molecule is CC.CC(C)c1ccccc1C(Cc1csc(N2CCCCC2)n1)C(=O)C1=CCC=N1. The van der Waals surface area contributed by atoms with Gasteiger partial charge in [-0.25, -0.2) is 4.98 Å². The van der Waals surface area contributed by atoms with E-state index in [4.69, 9.17) is 4.98 Å². The van der Waals surface area contributed by atoms with E-state index in [0.717, 1.165) is 35.9 Å². The third-order valence-electron chi connectivity index (χ3n) is 5.79. The molecule has 1 aromatic heterocycles. The Labute approximate surface area is 191 Å². The molecule has 1 fully saturated rings. The molecule has 3 heterocycles. The van der Waals surface area contributed by atoms with Crippen molar-refractivity contribution in [2.24, 2.45) is 4.99 Å². The van der Waals surface area contributed by atoms with Crippen molar-refractivity contribution in [1.82, 2.24) is 4.98 Å². The second-order valence-electron chi connectivity index (χ2n) is 8.21. The second-order valence-corrected chi connectivity index (χ2v) is 9.05. The van der Waals surface area contributed by atoms with Crippen molar-refractivity contribution in [3.05, 3.63) is 58.2 Å². The maximum absolute atomic E-state index is 13.4. The normalized spacial score (nSPS) is 16.7. The minimum absolute atomic E-state index is 0.111. The van der Waals surface area contributed by atoms with E-state index in [2.05, 4.69) is 47.3 Å². The fraction of sp³-hybridized carbons (Fsp3) is 0.500. The molecule has 2 aliphatic rings. The first-order valence-electron chi connectivity index (χ1n) is 11.7. The lowest BCUT2D eigenvalue weighted by molar-refractivity contribution is -0.117. The van der Waals surface area contributed by atoms with E-state index in [1.54, 1.807) is 11.3 Å². The van der Waals surface area contributed by atoms with E-state index >= 15 is 0 Å². The van der Waals surface area contributed by atoms with Gasteiger partial charge in [-0.15, -0.1) is 11.3 Å². The van der Waals surface area contributed by atoms with Crippen LogP contribution >= 0.6 is 11.3 Å². The molecule has 5 heteroatoms. The van der Waals surface area contributed by atoms with Crippen molar-refractivity contribution in [1.29, 1.82) is 0 Å². The van der Waals surface area contributed by atoms with Crippen LogP contribution in [-0.4, -0.2) is 30.1 Å². The van der Waals surface area contributed by atoms with Crippen LogP contribution in [0.15, 0.2) is 46.4 Å². The number of rotatable bonds is 7. The number of ketones is 1. The Hall–Kier alpha value is -2.27. The van der Waals surface area contributed by atoms with Crippen molar-refractivity contribution in [2.45, 2.75) is 71.6 Å². The third kappa shape index (κ3) is 5.70. The van der Waals surface area contributed by atoms with Crippen LogP contribution in [0.1, 0.15) is 82.0 Å². The van der Waals surface area contributed by atoms with E-state index < -0.39 is 0 Å². The standard InChI is InChI=1S/C24H29N3OS.C2H6/c1-17(2)19-9-4-5-10-20(19)21(23(28)22-11-8-12-25-22)15-18-16-29-24(26-18)27-13-6-3-7-14-27;1-2/h4-5,9-12,16-17,21H,3,6-8,13-15H2,1-2H3;1-2H3. The van der Waals surface area contributed by atoms with Crippen LogP contribution in [0.2, 0.25) is 0 Å². The molecule has 1 aromatic carbocycles. The summed E-state index contributed by atoms with van der Waals surface area (Å²) in [6, 6.07) is 8.35. The predicted molar refractivity (Wildman–Crippen MR) is 133 cm³/mol.